The number of amides is 1. The molecule has 0 bridgehead atoms. The zero-order valence-electron chi connectivity index (χ0n) is 14.1. The van der Waals surface area contributed by atoms with Crippen molar-refractivity contribution in [1.82, 2.24) is 14.7 Å². The minimum absolute atomic E-state index is 0.218. The smallest absolute Gasteiger partial charge is 0.237 e. The Labute approximate surface area is 138 Å². The van der Waals surface area contributed by atoms with Crippen LogP contribution in [0.4, 0.5) is 0 Å². The summed E-state index contributed by atoms with van der Waals surface area (Å²) in [5, 5.41) is 9.61. The number of aromatic hydroxyl groups is 1. The molecule has 1 aliphatic carbocycles. The number of phenols is 1. The molecule has 1 amide bonds. The number of hydrogen-bond donors (Lipinski definition) is 1. The lowest BCUT2D eigenvalue weighted by atomic mass is 10.2. The van der Waals surface area contributed by atoms with Gasteiger partial charge in [-0.2, -0.15) is 0 Å². The monoisotopic (exact) mass is 317 g/mol. The molecule has 0 aromatic heterocycles. The van der Waals surface area contributed by atoms with Gasteiger partial charge < -0.3 is 14.9 Å². The first-order valence-electron chi connectivity index (χ1n) is 8.49. The van der Waals surface area contributed by atoms with Gasteiger partial charge in [0.1, 0.15) is 5.75 Å². The number of carbonyl (C=O) groups excluding carboxylic acids is 1. The predicted octanol–water partition coefficient (Wildman–Crippen LogP) is 1.52. The topological polar surface area (TPSA) is 47.0 Å². The molecule has 1 heterocycles. The van der Waals surface area contributed by atoms with Crippen LogP contribution in [0, 0.1) is 0 Å². The SMILES string of the molecule is CN(C)[C@@H]1CCN(CC(=O)N(Cc2cccc(O)c2)C2CC2)C1. The molecule has 1 aromatic rings. The maximum atomic E-state index is 12.8. The Morgan fingerprint density at radius 3 is 2.65 bits per heavy atom. The summed E-state index contributed by atoms with van der Waals surface area (Å²) in [5.74, 6) is 0.481. The van der Waals surface area contributed by atoms with Crippen molar-refractivity contribution in [2.45, 2.75) is 37.9 Å². The average molecular weight is 317 g/mol. The Bertz CT molecular complexity index is 557. The molecule has 1 N–H and O–H groups in total. The fraction of sp³-hybridized carbons (Fsp3) is 0.611. The molecule has 0 radical (unpaired) electrons. The van der Waals surface area contributed by atoms with E-state index in [1.54, 1.807) is 12.1 Å². The molecule has 1 saturated heterocycles. The fourth-order valence-electron chi connectivity index (χ4n) is 3.32. The lowest BCUT2D eigenvalue weighted by Gasteiger charge is -2.26. The molecule has 5 nitrogen and oxygen atoms in total. The van der Waals surface area contributed by atoms with E-state index in [0.29, 0.717) is 25.2 Å². The van der Waals surface area contributed by atoms with Crippen LogP contribution in [0.3, 0.4) is 0 Å². The van der Waals surface area contributed by atoms with E-state index in [4.69, 9.17) is 0 Å². The van der Waals surface area contributed by atoms with Crippen LogP contribution in [-0.2, 0) is 11.3 Å². The van der Waals surface area contributed by atoms with Crippen LogP contribution in [0.5, 0.6) is 5.75 Å². The molecule has 1 aromatic carbocycles. The van der Waals surface area contributed by atoms with Gasteiger partial charge in [-0.25, -0.2) is 0 Å². The Hall–Kier alpha value is -1.59. The minimum atomic E-state index is 0.218. The van der Waals surface area contributed by atoms with E-state index >= 15 is 0 Å². The van der Waals surface area contributed by atoms with Crippen molar-refractivity contribution in [2.24, 2.45) is 0 Å². The molecule has 2 fully saturated rings. The number of rotatable bonds is 6. The molecule has 1 saturated carbocycles. The predicted molar refractivity (Wildman–Crippen MR) is 90.2 cm³/mol. The highest BCUT2D eigenvalue weighted by atomic mass is 16.3. The highest BCUT2D eigenvalue weighted by molar-refractivity contribution is 5.79. The number of likely N-dealkylation sites (tertiary alicyclic amines) is 1. The zero-order chi connectivity index (χ0) is 16.4. The Morgan fingerprint density at radius 2 is 2.04 bits per heavy atom. The molecular formula is C18H27N3O2. The summed E-state index contributed by atoms with van der Waals surface area (Å²) < 4.78 is 0. The highest BCUT2D eigenvalue weighted by Gasteiger charge is 2.34. The molecule has 2 aliphatic rings. The van der Waals surface area contributed by atoms with Crippen LogP contribution in [0.1, 0.15) is 24.8 Å². The second-order valence-electron chi connectivity index (χ2n) is 7.06. The van der Waals surface area contributed by atoms with Crippen LogP contribution < -0.4 is 0 Å². The van der Waals surface area contributed by atoms with Gasteiger partial charge >= 0.3 is 0 Å². The van der Waals surface area contributed by atoms with Gasteiger partial charge in [0.25, 0.3) is 0 Å². The van der Waals surface area contributed by atoms with Gasteiger partial charge in [0, 0.05) is 31.7 Å². The molecule has 1 aliphatic heterocycles. The van der Waals surface area contributed by atoms with Crippen molar-refractivity contribution < 1.29 is 9.90 Å². The van der Waals surface area contributed by atoms with Crippen molar-refractivity contribution in [1.29, 1.82) is 0 Å². The Balaban J connectivity index is 1.59. The fourth-order valence-corrected chi connectivity index (χ4v) is 3.32. The second-order valence-corrected chi connectivity index (χ2v) is 7.06. The first-order chi connectivity index (χ1) is 11.0. The van der Waals surface area contributed by atoms with Crippen LogP contribution in [0.15, 0.2) is 24.3 Å². The quantitative estimate of drug-likeness (QED) is 0.864. The number of hydrogen-bond acceptors (Lipinski definition) is 4. The summed E-state index contributed by atoms with van der Waals surface area (Å²) in [5.41, 5.74) is 0.998. The maximum absolute atomic E-state index is 12.8. The van der Waals surface area contributed by atoms with Crippen molar-refractivity contribution in [3.8, 4) is 5.75 Å². The van der Waals surface area contributed by atoms with E-state index in [-0.39, 0.29) is 11.7 Å². The van der Waals surface area contributed by atoms with Gasteiger partial charge in [0.15, 0.2) is 0 Å². The molecule has 1 atom stereocenters. The summed E-state index contributed by atoms with van der Waals surface area (Å²) in [6, 6.07) is 8.17. The molecular weight excluding hydrogens is 290 g/mol. The van der Waals surface area contributed by atoms with Gasteiger partial charge in [0.2, 0.25) is 5.91 Å². The summed E-state index contributed by atoms with van der Waals surface area (Å²) in [6.07, 6.45) is 3.34. The Morgan fingerprint density at radius 1 is 1.26 bits per heavy atom. The number of carbonyl (C=O) groups is 1. The molecule has 126 valence electrons. The third-order valence-corrected chi connectivity index (χ3v) is 4.91. The number of phenolic OH excluding ortho intramolecular Hbond substituents is 1. The largest absolute Gasteiger partial charge is 0.508 e. The highest BCUT2D eigenvalue weighted by Crippen LogP contribution is 2.29. The third kappa shape index (κ3) is 4.24. The van der Waals surface area contributed by atoms with Crippen LogP contribution in [-0.4, -0.2) is 71.5 Å². The van der Waals surface area contributed by atoms with Crippen LogP contribution in [0.25, 0.3) is 0 Å². The lowest BCUT2D eigenvalue weighted by molar-refractivity contribution is -0.133. The van der Waals surface area contributed by atoms with E-state index in [9.17, 15) is 9.90 Å². The van der Waals surface area contributed by atoms with Crippen LogP contribution >= 0.6 is 0 Å². The van der Waals surface area contributed by atoms with Crippen molar-refractivity contribution in [3.05, 3.63) is 29.8 Å². The molecule has 0 unspecified atom stereocenters. The standard InChI is InChI=1S/C18H27N3O2/c1-19(2)16-8-9-20(12-16)13-18(23)21(15-6-7-15)11-14-4-3-5-17(22)10-14/h3-5,10,15-16,22H,6-9,11-13H2,1-2H3/t16-/m1/s1. The minimum Gasteiger partial charge on any atom is -0.508 e. The van der Waals surface area contributed by atoms with E-state index < -0.39 is 0 Å². The van der Waals surface area contributed by atoms with Crippen LogP contribution in [0.2, 0.25) is 0 Å². The van der Waals surface area contributed by atoms with E-state index in [1.807, 2.05) is 17.0 Å². The van der Waals surface area contributed by atoms with Crippen molar-refractivity contribution in [3.63, 3.8) is 0 Å². The number of benzene rings is 1. The molecule has 23 heavy (non-hydrogen) atoms. The lowest BCUT2D eigenvalue weighted by Crippen LogP contribution is -2.41. The van der Waals surface area contributed by atoms with E-state index in [2.05, 4.69) is 23.9 Å². The van der Waals surface area contributed by atoms with Gasteiger partial charge in [0.05, 0.1) is 6.54 Å². The molecule has 0 spiro atoms. The summed E-state index contributed by atoms with van der Waals surface area (Å²) in [6.45, 7) is 3.09. The number of likely N-dealkylation sites (N-methyl/N-ethyl adjacent to an activating group) is 1. The summed E-state index contributed by atoms with van der Waals surface area (Å²) in [4.78, 5) is 19.3. The van der Waals surface area contributed by atoms with Gasteiger partial charge in [-0.05, 0) is 51.1 Å². The van der Waals surface area contributed by atoms with E-state index in [0.717, 1.165) is 37.9 Å². The third-order valence-electron chi connectivity index (χ3n) is 4.91. The van der Waals surface area contributed by atoms with Gasteiger partial charge in [-0.1, -0.05) is 12.1 Å². The van der Waals surface area contributed by atoms with Gasteiger partial charge in [-0.3, -0.25) is 9.69 Å². The van der Waals surface area contributed by atoms with Gasteiger partial charge in [-0.15, -0.1) is 0 Å². The maximum Gasteiger partial charge on any atom is 0.237 e. The van der Waals surface area contributed by atoms with E-state index in [1.165, 1.54) is 0 Å². The molecule has 3 rings (SSSR count). The second kappa shape index (κ2) is 6.89. The first kappa shape index (κ1) is 16.3. The Kier molecular flexibility index (Phi) is 4.87. The zero-order valence-corrected chi connectivity index (χ0v) is 14.1. The average Bonchev–Trinajstić information content (AvgIpc) is 3.23. The van der Waals surface area contributed by atoms with Crippen molar-refractivity contribution in [2.75, 3.05) is 33.7 Å². The normalized spacial score (nSPS) is 21.8. The first-order valence-corrected chi connectivity index (χ1v) is 8.49. The summed E-state index contributed by atoms with van der Waals surface area (Å²) >= 11 is 0. The van der Waals surface area contributed by atoms with Crippen molar-refractivity contribution >= 4 is 5.91 Å². The summed E-state index contributed by atoms with van der Waals surface area (Å²) in [7, 11) is 4.21. The molecule has 5 heteroatoms. The number of nitrogens with zero attached hydrogens (tertiary/aromatic N) is 3.